The molecule has 1 aromatic carbocycles. The van der Waals surface area contributed by atoms with Crippen molar-refractivity contribution in [1.29, 1.82) is 0 Å². The summed E-state index contributed by atoms with van der Waals surface area (Å²) in [5.41, 5.74) is 4.51. The zero-order valence-electron chi connectivity index (χ0n) is 10.1. The van der Waals surface area contributed by atoms with Crippen LogP contribution in [0.5, 0.6) is 5.75 Å². The summed E-state index contributed by atoms with van der Waals surface area (Å²) in [6.45, 7) is 2.30. The molecule has 2 heteroatoms. The van der Waals surface area contributed by atoms with E-state index in [0.29, 0.717) is 0 Å². The molecule has 1 aliphatic heterocycles. The van der Waals surface area contributed by atoms with Crippen LogP contribution in [-0.4, -0.2) is 12.4 Å². The van der Waals surface area contributed by atoms with E-state index in [-0.39, 0.29) is 12.4 Å². The van der Waals surface area contributed by atoms with Gasteiger partial charge < -0.3 is 4.74 Å². The lowest BCUT2D eigenvalue weighted by Crippen LogP contribution is -1.98. The highest BCUT2D eigenvalue weighted by Crippen LogP contribution is 2.39. The number of hydrogen-bond donors (Lipinski definition) is 0. The molecule has 2 aliphatic rings. The highest BCUT2D eigenvalue weighted by Gasteiger charge is 2.26. The van der Waals surface area contributed by atoms with Gasteiger partial charge in [-0.25, -0.2) is 0 Å². The molecule has 0 N–H and O–H groups in total. The Hall–Kier alpha value is -1.57. The largest absolute Gasteiger partial charge is 0.484 e. The van der Waals surface area contributed by atoms with Gasteiger partial charge in [-0.2, -0.15) is 0 Å². The van der Waals surface area contributed by atoms with Gasteiger partial charge in [0.2, 0.25) is 5.78 Å². The normalized spacial score (nSPS) is 18.6. The molecule has 88 valence electrons. The number of carbonyl (C=O) groups excluding carboxylic acids is 1. The number of ether oxygens (including phenoxy) is 1. The van der Waals surface area contributed by atoms with Crippen LogP contribution in [0.1, 0.15) is 47.2 Å². The van der Waals surface area contributed by atoms with Crippen molar-refractivity contribution in [3.63, 3.8) is 0 Å². The third-order valence-corrected chi connectivity index (χ3v) is 3.63. The van der Waals surface area contributed by atoms with Crippen molar-refractivity contribution >= 4 is 11.4 Å². The Labute approximate surface area is 101 Å². The van der Waals surface area contributed by atoms with Gasteiger partial charge in [-0.05, 0) is 49.8 Å². The quantitative estimate of drug-likeness (QED) is 0.735. The van der Waals surface area contributed by atoms with Gasteiger partial charge in [0.25, 0.3) is 0 Å². The molecular formula is C15H16O2. The maximum absolute atomic E-state index is 11.7. The number of aryl methyl sites for hydroxylation is 1. The Morgan fingerprint density at radius 1 is 1.24 bits per heavy atom. The van der Waals surface area contributed by atoms with E-state index in [1.54, 1.807) is 0 Å². The summed E-state index contributed by atoms with van der Waals surface area (Å²) in [7, 11) is 0. The van der Waals surface area contributed by atoms with Crippen LogP contribution in [0.3, 0.4) is 0 Å². The molecule has 0 spiro atoms. The molecule has 0 amide bonds. The van der Waals surface area contributed by atoms with Crippen molar-refractivity contribution in [3.8, 4) is 5.75 Å². The van der Waals surface area contributed by atoms with Crippen LogP contribution in [-0.2, 0) is 0 Å². The summed E-state index contributed by atoms with van der Waals surface area (Å²) in [4.78, 5) is 11.7. The third-order valence-electron chi connectivity index (χ3n) is 3.63. The van der Waals surface area contributed by atoms with Crippen LogP contribution in [0.25, 0.3) is 5.57 Å². The third kappa shape index (κ3) is 1.68. The van der Waals surface area contributed by atoms with Gasteiger partial charge in [0.05, 0.1) is 5.56 Å². The number of benzene rings is 1. The van der Waals surface area contributed by atoms with Gasteiger partial charge in [-0.1, -0.05) is 12.1 Å². The number of carbonyl (C=O) groups is 1. The number of ketones is 1. The summed E-state index contributed by atoms with van der Waals surface area (Å²) in [5.74, 6) is 0.931. The molecule has 3 rings (SSSR count). The van der Waals surface area contributed by atoms with Crippen LogP contribution in [0.15, 0.2) is 18.2 Å². The predicted octanol–water partition coefficient (Wildman–Crippen LogP) is 3.53. The van der Waals surface area contributed by atoms with Crippen molar-refractivity contribution in [2.45, 2.75) is 32.6 Å². The summed E-state index contributed by atoms with van der Waals surface area (Å²) in [5, 5.41) is 0. The molecule has 0 saturated heterocycles. The lowest BCUT2D eigenvalue weighted by atomic mass is 9.89. The lowest BCUT2D eigenvalue weighted by molar-refractivity contribution is 0.0961. The SMILES string of the molecule is Cc1ccc2c(c1C1=CCCCC1)OCC2=O. The molecular weight excluding hydrogens is 212 g/mol. The van der Waals surface area contributed by atoms with Gasteiger partial charge >= 0.3 is 0 Å². The molecule has 0 bridgehead atoms. The summed E-state index contributed by atoms with van der Waals surface area (Å²) in [6, 6.07) is 3.93. The van der Waals surface area contributed by atoms with E-state index < -0.39 is 0 Å². The number of hydrogen-bond acceptors (Lipinski definition) is 2. The average molecular weight is 228 g/mol. The van der Waals surface area contributed by atoms with Crippen molar-refractivity contribution in [2.24, 2.45) is 0 Å². The number of rotatable bonds is 1. The lowest BCUT2D eigenvalue weighted by Gasteiger charge is -2.17. The van der Waals surface area contributed by atoms with Gasteiger partial charge in [-0.15, -0.1) is 0 Å². The molecule has 0 unspecified atom stereocenters. The van der Waals surface area contributed by atoms with Gasteiger partial charge in [-0.3, -0.25) is 4.79 Å². The zero-order valence-corrected chi connectivity index (χ0v) is 10.1. The smallest absolute Gasteiger partial charge is 0.203 e. The minimum Gasteiger partial charge on any atom is -0.484 e. The van der Waals surface area contributed by atoms with Crippen LogP contribution in [0, 0.1) is 6.92 Å². The average Bonchev–Trinajstić information content (AvgIpc) is 2.72. The fourth-order valence-corrected chi connectivity index (χ4v) is 2.73. The number of Topliss-reactive ketones (excluding diaryl/α,β-unsaturated/α-hetero) is 1. The molecule has 2 nitrogen and oxygen atoms in total. The Morgan fingerprint density at radius 2 is 2.12 bits per heavy atom. The monoisotopic (exact) mass is 228 g/mol. The van der Waals surface area contributed by atoms with Crippen LogP contribution >= 0.6 is 0 Å². The number of allylic oxidation sites excluding steroid dienone is 2. The first kappa shape index (κ1) is 10.6. The van der Waals surface area contributed by atoms with E-state index in [0.717, 1.165) is 24.2 Å². The first-order valence-electron chi connectivity index (χ1n) is 6.26. The molecule has 17 heavy (non-hydrogen) atoms. The summed E-state index contributed by atoms with van der Waals surface area (Å²) < 4.78 is 5.59. The van der Waals surface area contributed by atoms with Crippen molar-refractivity contribution in [2.75, 3.05) is 6.61 Å². The second-order valence-corrected chi connectivity index (χ2v) is 4.82. The van der Waals surface area contributed by atoms with E-state index in [9.17, 15) is 4.79 Å². The first-order valence-corrected chi connectivity index (χ1v) is 6.26. The Bertz CT molecular complexity index is 512. The molecule has 0 fully saturated rings. The fourth-order valence-electron chi connectivity index (χ4n) is 2.73. The highest BCUT2D eigenvalue weighted by molar-refractivity contribution is 6.04. The highest BCUT2D eigenvalue weighted by atomic mass is 16.5. The van der Waals surface area contributed by atoms with Crippen molar-refractivity contribution in [1.82, 2.24) is 0 Å². The van der Waals surface area contributed by atoms with Gasteiger partial charge in [0, 0.05) is 5.56 Å². The number of fused-ring (bicyclic) bond motifs is 1. The minimum atomic E-state index is 0.109. The standard InChI is InChI=1S/C15H16O2/c1-10-7-8-12-13(16)9-17-15(12)14(10)11-5-3-2-4-6-11/h5,7-8H,2-4,6,9H2,1H3. The maximum atomic E-state index is 11.7. The van der Waals surface area contributed by atoms with Gasteiger partial charge in [0.1, 0.15) is 5.75 Å². The molecule has 0 aromatic heterocycles. The predicted molar refractivity (Wildman–Crippen MR) is 67.4 cm³/mol. The first-order chi connectivity index (χ1) is 8.27. The van der Waals surface area contributed by atoms with E-state index in [4.69, 9.17) is 4.74 Å². The molecule has 0 saturated carbocycles. The van der Waals surface area contributed by atoms with Crippen LogP contribution < -0.4 is 4.74 Å². The van der Waals surface area contributed by atoms with E-state index in [1.165, 1.54) is 29.5 Å². The summed E-state index contributed by atoms with van der Waals surface area (Å²) >= 11 is 0. The Balaban J connectivity index is 2.16. The fraction of sp³-hybridized carbons (Fsp3) is 0.400. The van der Waals surface area contributed by atoms with E-state index in [2.05, 4.69) is 13.0 Å². The molecule has 1 heterocycles. The van der Waals surface area contributed by atoms with Gasteiger partial charge in [0.15, 0.2) is 6.61 Å². The van der Waals surface area contributed by atoms with E-state index >= 15 is 0 Å². The molecule has 0 radical (unpaired) electrons. The second kappa shape index (κ2) is 4.02. The van der Waals surface area contributed by atoms with Crippen LogP contribution in [0.4, 0.5) is 0 Å². The molecule has 1 aromatic rings. The van der Waals surface area contributed by atoms with Crippen LogP contribution in [0.2, 0.25) is 0 Å². The summed E-state index contributed by atoms with van der Waals surface area (Å²) in [6.07, 6.45) is 7.07. The van der Waals surface area contributed by atoms with Crippen molar-refractivity contribution in [3.05, 3.63) is 34.9 Å². The zero-order chi connectivity index (χ0) is 11.8. The minimum absolute atomic E-state index is 0.109. The van der Waals surface area contributed by atoms with Crippen molar-refractivity contribution < 1.29 is 9.53 Å². The Kier molecular flexibility index (Phi) is 2.50. The van der Waals surface area contributed by atoms with E-state index in [1.807, 2.05) is 12.1 Å². The topological polar surface area (TPSA) is 26.3 Å². The Morgan fingerprint density at radius 3 is 2.88 bits per heavy atom. The molecule has 0 atom stereocenters. The second-order valence-electron chi connectivity index (χ2n) is 4.82. The molecule has 1 aliphatic carbocycles. The maximum Gasteiger partial charge on any atom is 0.203 e.